The van der Waals surface area contributed by atoms with E-state index in [1.807, 2.05) is 18.6 Å². The molecule has 0 saturated heterocycles. The number of amides is 3. The van der Waals surface area contributed by atoms with Gasteiger partial charge >= 0.3 is 0 Å². The zero-order valence-electron chi connectivity index (χ0n) is 20.9. The molecule has 0 saturated carbocycles. The number of carbonyl (C=O) groups excluding carboxylic acids is 3. The highest BCUT2D eigenvalue weighted by Gasteiger charge is 2.25. The van der Waals surface area contributed by atoms with Crippen LogP contribution in [0.2, 0.25) is 0 Å². The summed E-state index contributed by atoms with van der Waals surface area (Å²) < 4.78 is 33.4. The van der Waals surface area contributed by atoms with Crippen LogP contribution in [0.4, 0.5) is 0 Å². The topological polar surface area (TPSA) is 162 Å². The fraction of sp³-hybridized carbons (Fsp3) is 0.280. The predicted molar refractivity (Wildman–Crippen MR) is 136 cm³/mol. The zero-order chi connectivity index (χ0) is 27.3. The van der Waals surface area contributed by atoms with Crippen molar-refractivity contribution in [1.29, 1.82) is 0 Å². The molecule has 3 aromatic rings. The Morgan fingerprint density at radius 2 is 1.76 bits per heavy atom. The van der Waals surface area contributed by atoms with E-state index >= 15 is 0 Å². The average molecular weight is 528 g/mol. The van der Waals surface area contributed by atoms with Crippen LogP contribution in [-0.2, 0) is 16.4 Å². The van der Waals surface area contributed by atoms with Crippen molar-refractivity contribution in [3.63, 3.8) is 0 Å². The standard InChI is InChI=1S/C25H29N5O6S/c1-5-36-21-12-11-18(37(34,35)29-24(32)17-9-7-6-8-10-17)14-19(21)25(33)28-30-22(23(26)31)16(4)20(27-30)13-15(2)3/h6-12,14-15H,5,13H2,1-4H3,(H2,26,31)(H,28,33)(H,29,32). The quantitative estimate of drug-likeness (QED) is 0.364. The van der Waals surface area contributed by atoms with Crippen molar-refractivity contribution < 1.29 is 27.5 Å². The van der Waals surface area contributed by atoms with Crippen LogP contribution < -0.4 is 20.6 Å². The third-order valence-electron chi connectivity index (χ3n) is 5.33. The molecule has 1 heterocycles. The van der Waals surface area contributed by atoms with Gasteiger partial charge in [-0.1, -0.05) is 32.0 Å². The second-order valence-corrected chi connectivity index (χ2v) is 10.3. The molecule has 0 aliphatic carbocycles. The van der Waals surface area contributed by atoms with Crippen LogP contribution in [0.25, 0.3) is 0 Å². The molecule has 37 heavy (non-hydrogen) atoms. The SMILES string of the molecule is CCOc1ccc(S(=O)(=O)NC(=O)c2ccccc2)cc1C(=O)Nn1nc(CC(C)C)c(C)c1C(N)=O. The molecule has 0 spiro atoms. The number of hydrogen-bond acceptors (Lipinski definition) is 7. The van der Waals surface area contributed by atoms with Gasteiger partial charge in [0.2, 0.25) is 0 Å². The molecule has 4 N–H and O–H groups in total. The van der Waals surface area contributed by atoms with Gasteiger partial charge in [0, 0.05) is 11.1 Å². The summed E-state index contributed by atoms with van der Waals surface area (Å²) >= 11 is 0. The van der Waals surface area contributed by atoms with Crippen LogP contribution in [0.15, 0.2) is 53.4 Å². The van der Waals surface area contributed by atoms with E-state index in [4.69, 9.17) is 10.5 Å². The second-order valence-electron chi connectivity index (χ2n) is 8.63. The first-order valence-electron chi connectivity index (χ1n) is 11.5. The molecule has 196 valence electrons. The Hall–Kier alpha value is -4.19. The Bertz CT molecular complexity index is 1430. The third-order valence-corrected chi connectivity index (χ3v) is 6.66. The van der Waals surface area contributed by atoms with Crippen molar-refractivity contribution >= 4 is 27.7 Å². The maximum Gasteiger partial charge on any atom is 0.275 e. The van der Waals surface area contributed by atoms with Gasteiger partial charge in [0.05, 0.1) is 22.8 Å². The van der Waals surface area contributed by atoms with Crippen molar-refractivity contribution in [3.05, 3.63) is 76.6 Å². The van der Waals surface area contributed by atoms with Crippen molar-refractivity contribution in [2.24, 2.45) is 11.7 Å². The molecule has 0 atom stereocenters. The number of nitrogens with one attached hydrogen (secondary N) is 2. The van der Waals surface area contributed by atoms with E-state index < -0.39 is 27.7 Å². The van der Waals surface area contributed by atoms with Gasteiger partial charge in [0.15, 0.2) is 5.69 Å². The van der Waals surface area contributed by atoms with E-state index in [0.29, 0.717) is 17.7 Å². The van der Waals surface area contributed by atoms with Gasteiger partial charge in [0.25, 0.3) is 27.7 Å². The first kappa shape index (κ1) is 27.4. The lowest BCUT2D eigenvalue weighted by atomic mass is 10.0. The number of aromatic nitrogens is 2. The van der Waals surface area contributed by atoms with E-state index in [1.165, 1.54) is 24.3 Å². The Morgan fingerprint density at radius 1 is 1.08 bits per heavy atom. The van der Waals surface area contributed by atoms with Gasteiger partial charge in [-0.25, -0.2) is 18.6 Å². The first-order valence-corrected chi connectivity index (χ1v) is 13.0. The molecule has 0 aliphatic heterocycles. The number of rotatable bonds is 10. The van der Waals surface area contributed by atoms with Crippen LogP contribution in [0.5, 0.6) is 5.75 Å². The minimum absolute atomic E-state index is 0.000797. The summed E-state index contributed by atoms with van der Waals surface area (Å²) in [5.74, 6) is -2.08. The Labute approximate surface area is 215 Å². The minimum atomic E-state index is -4.34. The molecule has 11 nitrogen and oxygen atoms in total. The van der Waals surface area contributed by atoms with E-state index in [1.54, 1.807) is 32.0 Å². The van der Waals surface area contributed by atoms with Crippen molar-refractivity contribution in [2.45, 2.75) is 39.0 Å². The monoisotopic (exact) mass is 527 g/mol. The lowest BCUT2D eigenvalue weighted by Crippen LogP contribution is -2.32. The lowest BCUT2D eigenvalue weighted by Gasteiger charge is -2.14. The van der Waals surface area contributed by atoms with E-state index in [2.05, 4.69) is 10.5 Å². The highest BCUT2D eigenvalue weighted by atomic mass is 32.2. The van der Waals surface area contributed by atoms with Gasteiger partial charge in [-0.3, -0.25) is 14.4 Å². The second kappa shape index (κ2) is 11.2. The average Bonchev–Trinajstić information content (AvgIpc) is 3.13. The molecule has 0 unspecified atom stereocenters. The van der Waals surface area contributed by atoms with Crippen LogP contribution in [0.3, 0.4) is 0 Å². The largest absolute Gasteiger partial charge is 0.493 e. The summed E-state index contributed by atoms with van der Waals surface area (Å²) in [5, 5.41) is 4.32. The fourth-order valence-electron chi connectivity index (χ4n) is 3.61. The number of sulfonamides is 1. The van der Waals surface area contributed by atoms with Crippen LogP contribution in [0.1, 0.15) is 63.2 Å². The normalized spacial score (nSPS) is 11.3. The minimum Gasteiger partial charge on any atom is -0.493 e. The van der Waals surface area contributed by atoms with E-state index in [0.717, 1.165) is 10.9 Å². The summed E-state index contributed by atoms with van der Waals surface area (Å²) in [6, 6.07) is 11.4. The molecule has 12 heteroatoms. The van der Waals surface area contributed by atoms with Crippen LogP contribution >= 0.6 is 0 Å². The number of nitrogens with zero attached hydrogens (tertiary/aromatic N) is 2. The molecule has 0 fully saturated rings. The summed E-state index contributed by atoms with van der Waals surface area (Å²) in [6.07, 6.45) is 0.550. The first-order chi connectivity index (χ1) is 17.4. The number of ether oxygens (including phenoxy) is 1. The Balaban J connectivity index is 1.97. The zero-order valence-corrected chi connectivity index (χ0v) is 21.8. The number of primary amides is 1. The predicted octanol–water partition coefficient (Wildman–Crippen LogP) is 2.39. The number of nitrogens with two attached hydrogens (primary N) is 1. The van der Waals surface area contributed by atoms with E-state index in [9.17, 15) is 22.8 Å². The van der Waals surface area contributed by atoms with Crippen molar-refractivity contribution in [2.75, 3.05) is 12.0 Å². The maximum atomic E-state index is 13.3. The van der Waals surface area contributed by atoms with E-state index in [-0.39, 0.29) is 40.0 Å². The van der Waals surface area contributed by atoms with Gasteiger partial charge in [-0.05, 0) is 56.5 Å². The van der Waals surface area contributed by atoms with Gasteiger partial charge < -0.3 is 10.5 Å². The summed E-state index contributed by atoms with van der Waals surface area (Å²) in [5.41, 5.74) is 9.15. The highest BCUT2D eigenvalue weighted by molar-refractivity contribution is 7.90. The third kappa shape index (κ3) is 6.33. The highest BCUT2D eigenvalue weighted by Crippen LogP contribution is 2.24. The maximum absolute atomic E-state index is 13.3. The van der Waals surface area contributed by atoms with Crippen molar-refractivity contribution in [1.82, 2.24) is 14.6 Å². The van der Waals surface area contributed by atoms with Gasteiger partial charge in [-0.15, -0.1) is 0 Å². The molecule has 3 rings (SSSR count). The number of carbonyl (C=O) groups is 3. The summed E-state index contributed by atoms with van der Waals surface area (Å²) in [4.78, 5) is 38.4. The fourth-order valence-corrected chi connectivity index (χ4v) is 4.61. The van der Waals surface area contributed by atoms with Gasteiger partial charge in [-0.2, -0.15) is 9.89 Å². The number of benzene rings is 2. The van der Waals surface area contributed by atoms with Crippen LogP contribution in [0, 0.1) is 12.8 Å². The molecular formula is C25H29N5O6S. The summed E-state index contributed by atoms with van der Waals surface area (Å²) in [7, 11) is -4.34. The molecule has 0 radical (unpaired) electrons. The Morgan fingerprint density at radius 3 is 2.35 bits per heavy atom. The number of hydrogen-bond donors (Lipinski definition) is 3. The molecular weight excluding hydrogens is 498 g/mol. The molecule has 3 amide bonds. The van der Waals surface area contributed by atoms with Crippen LogP contribution in [-0.4, -0.2) is 42.6 Å². The molecule has 0 aliphatic rings. The molecule has 2 aromatic carbocycles. The van der Waals surface area contributed by atoms with Crippen molar-refractivity contribution in [3.8, 4) is 5.75 Å². The molecule has 0 bridgehead atoms. The lowest BCUT2D eigenvalue weighted by molar-refractivity contribution is 0.0971. The van der Waals surface area contributed by atoms with Gasteiger partial charge in [0.1, 0.15) is 5.75 Å². The smallest absolute Gasteiger partial charge is 0.275 e. The Kier molecular flexibility index (Phi) is 8.33. The molecule has 1 aromatic heterocycles. The summed E-state index contributed by atoms with van der Waals surface area (Å²) in [6.45, 7) is 7.55.